The molecule has 0 heterocycles. The van der Waals surface area contributed by atoms with Crippen molar-refractivity contribution < 1.29 is 0 Å². The molecule has 1 rings (SSSR count). The van der Waals surface area contributed by atoms with E-state index in [0.717, 1.165) is 0 Å². The summed E-state index contributed by atoms with van der Waals surface area (Å²) in [4.78, 5) is 0. The molecule has 0 radical (unpaired) electrons. The van der Waals surface area contributed by atoms with Crippen LogP contribution in [0.5, 0.6) is 0 Å². The van der Waals surface area contributed by atoms with E-state index in [2.05, 4.69) is 12.2 Å². The smallest absolute Gasteiger partial charge is 0.145 e. The van der Waals surface area contributed by atoms with Crippen LogP contribution in [-0.2, 0) is 0 Å². The first kappa shape index (κ1) is 11.0. The standard InChI is InChI=1S/C11H17N3/c1-9-4-2-3-5-11(9)14-8-10(6-12)7-13/h9-11,14H,2-5,8H2,1H3. The second-order valence-corrected chi connectivity index (χ2v) is 4.09. The Labute approximate surface area is 85.7 Å². The Balaban J connectivity index is 2.30. The Morgan fingerprint density at radius 1 is 1.29 bits per heavy atom. The van der Waals surface area contributed by atoms with Crippen molar-refractivity contribution in [2.75, 3.05) is 6.54 Å². The molecule has 0 bridgehead atoms. The van der Waals surface area contributed by atoms with Crippen molar-refractivity contribution >= 4 is 0 Å². The molecule has 0 spiro atoms. The Hall–Kier alpha value is -1.06. The Morgan fingerprint density at radius 2 is 1.93 bits per heavy atom. The second kappa shape index (κ2) is 5.62. The van der Waals surface area contributed by atoms with Crippen LogP contribution in [0.3, 0.4) is 0 Å². The number of hydrogen-bond acceptors (Lipinski definition) is 3. The first-order valence-corrected chi connectivity index (χ1v) is 5.30. The summed E-state index contributed by atoms with van der Waals surface area (Å²) in [5.41, 5.74) is 0. The Morgan fingerprint density at radius 3 is 2.50 bits per heavy atom. The van der Waals surface area contributed by atoms with Gasteiger partial charge in [-0.15, -0.1) is 0 Å². The minimum Gasteiger partial charge on any atom is -0.311 e. The topological polar surface area (TPSA) is 59.6 Å². The Kier molecular flexibility index (Phi) is 4.43. The molecule has 3 nitrogen and oxygen atoms in total. The maximum absolute atomic E-state index is 8.61. The lowest BCUT2D eigenvalue weighted by molar-refractivity contribution is 0.279. The fraction of sp³-hybridized carbons (Fsp3) is 0.818. The second-order valence-electron chi connectivity index (χ2n) is 4.09. The zero-order valence-electron chi connectivity index (χ0n) is 8.66. The van der Waals surface area contributed by atoms with E-state index in [9.17, 15) is 0 Å². The van der Waals surface area contributed by atoms with Crippen molar-refractivity contribution in [3.63, 3.8) is 0 Å². The van der Waals surface area contributed by atoms with Crippen LogP contribution in [-0.4, -0.2) is 12.6 Å². The number of nitrogens with one attached hydrogen (secondary N) is 1. The molecule has 1 aliphatic rings. The summed E-state index contributed by atoms with van der Waals surface area (Å²) in [7, 11) is 0. The molecular weight excluding hydrogens is 174 g/mol. The van der Waals surface area contributed by atoms with Gasteiger partial charge in [-0.25, -0.2) is 0 Å². The largest absolute Gasteiger partial charge is 0.311 e. The van der Waals surface area contributed by atoms with Crippen molar-refractivity contribution in [2.24, 2.45) is 11.8 Å². The number of nitriles is 2. The quantitative estimate of drug-likeness (QED) is 0.740. The van der Waals surface area contributed by atoms with Gasteiger partial charge in [-0.3, -0.25) is 0 Å². The molecule has 1 N–H and O–H groups in total. The molecule has 0 aromatic rings. The molecule has 2 atom stereocenters. The highest BCUT2D eigenvalue weighted by molar-refractivity contribution is 5.00. The molecular formula is C11H17N3. The van der Waals surface area contributed by atoms with Crippen molar-refractivity contribution in [3.8, 4) is 12.1 Å². The zero-order valence-corrected chi connectivity index (χ0v) is 8.66. The fourth-order valence-electron chi connectivity index (χ4n) is 2.01. The van der Waals surface area contributed by atoms with Crippen LogP contribution < -0.4 is 5.32 Å². The average Bonchev–Trinajstić information content (AvgIpc) is 2.22. The van der Waals surface area contributed by atoms with Crippen molar-refractivity contribution in [3.05, 3.63) is 0 Å². The van der Waals surface area contributed by atoms with Crippen molar-refractivity contribution in [1.82, 2.24) is 5.32 Å². The lowest BCUT2D eigenvalue weighted by atomic mass is 9.86. The zero-order chi connectivity index (χ0) is 10.4. The molecule has 2 unspecified atom stereocenters. The number of rotatable bonds is 3. The highest BCUT2D eigenvalue weighted by Gasteiger charge is 2.21. The molecule has 1 saturated carbocycles. The summed E-state index contributed by atoms with van der Waals surface area (Å²) in [6, 6.07) is 4.47. The van der Waals surface area contributed by atoms with Gasteiger partial charge in [-0.05, 0) is 18.8 Å². The maximum Gasteiger partial charge on any atom is 0.145 e. The summed E-state index contributed by atoms with van der Waals surface area (Å²) in [6.45, 7) is 2.76. The molecule has 0 aromatic carbocycles. The lowest BCUT2D eigenvalue weighted by Crippen LogP contribution is -2.39. The van der Waals surface area contributed by atoms with Crippen LogP contribution in [0.1, 0.15) is 32.6 Å². The highest BCUT2D eigenvalue weighted by atomic mass is 14.9. The van der Waals surface area contributed by atoms with E-state index in [-0.39, 0.29) is 0 Å². The normalized spacial score (nSPS) is 26.9. The summed E-state index contributed by atoms with van der Waals surface area (Å²) in [6.07, 6.45) is 5.04. The molecule has 76 valence electrons. The maximum atomic E-state index is 8.61. The van der Waals surface area contributed by atoms with E-state index < -0.39 is 5.92 Å². The van der Waals surface area contributed by atoms with E-state index >= 15 is 0 Å². The Bertz CT molecular complexity index is 234. The van der Waals surface area contributed by atoms with Gasteiger partial charge in [0.2, 0.25) is 0 Å². The van der Waals surface area contributed by atoms with Crippen molar-refractivity contribution in [1.29, 1.82) is 10.5 Å². The van der Waals surface area contributed by atoms with Gasteiger partial charge in [-0.1, -0.05) is 19.8 Å². The van der Waals surface area contributed by atoms with Gasteiger partial charge in [0.1, 0.15) is 5.92 Å². The van der Waals surface area contributed by atoms with Crippen LogP contribution in [0, 0.1) is 34.5 Å². The van der Waals surface area contributed by atoms with Gasteiger partial charge in [0, 0.05) is 12.6 Å². The third-order valence-corrected chi connectivity index (χ3v) is 3.01. The van der Waals surface area contributed by atoms with Gasteiger partial charge >= 0.3 is 0 Å². The van der Waals surface area contributed by atoms with E-state index in [0.29, 0.717) is 18.5 Å². The summed E-state index contributed by atoms with van der Waals surface area (Å²) in [5, 5.41) is 20.5. The van der Waals surface area contributed by atoms with Crippen LogP contribution >= 0.6 is 0 Å². The molecule has 14 heavy (non-hydrogen) atoms. The van der Waals surface area contributed by atoms with Gasteiger partial charge < -0.3 is 5.32 Å². The first-order valence-electron chi connectivity index (χ1n) is 5.30. The molecule has 0 aliphatic heterocycles. The molecule has 0 aromatic heterocycles. The van der Waals surface area contributed by atoms with E-state index in [1.54, 1.807) is 0 Å². The number of nitrogens with zero attached hydrogens (tertiary/aromatic N) is 2. The average molecular weight is 191 g/mol. The lowest BCUT2D eigenvalue weighted by Gasteiger charge is -2.29. The molecule has 0 saturated heterocycles. The molecule has 1 fully saturated rings. The van der Waals surface area contributed by atoms with Gasteiger partial charge in [-0.2, -0.15) is 10.5 Å². The van der Waals surface area contributed by atoms with Gasteiger partial charge in [0.05, 0.1) is 12.1 Å². The first-order chi connectivity index (χ1) is 6.77. The monoisotopic (exact) mass is 191 g/mol. The van der Waals surface area contributed by atoms with E-state index in [1.165, 1.54) is 25.7 Å². The van der Waals surface area contributed by atoms with Gasteiger partial charge in [0.25, 0.3) is 0 Å². The molecule has 1 aliphatic carbocycles. The number of hydrogen-bond donors (Lipinski definition) is 1. The third kappa shape index (κ3) is 3.01. The van der Waals surface area contributed by atoms with E-state index in [4.69, 9.17) is 10.5 Å². The summed E-state index contributed by atoms with van der Waals surface area (Å²) in [5.74, 6) is 0.186. The molecule has 3 heteroatoms. The third-order valence-electron chi connectivity index (χ3n) is 3.01. The molecule has 0 amide bonds. The predicted octanol–water partition coefficient (Wildman–Crippen LogP) is 1.82. The van der Waals surface area contributed by atoms with Crippen LogP contribution in [0.15, 0.2) is 0 Å². The predicted molar refractivity (Wildman–Crippen MR) is 54.1 cm³/mol. The minimum atomic E-state index is -0.496. The SMILES string of the molecule is CC1CCCCC1NCC(C#N)C#N. The van der Waals surface area contributed by atoms with Crippen LogP contribution in [0.2, 0.25) is 0 Å². The highest BCUT2D eigenvalue weighted by Crippen LogP contribution is 2.23. The minimum absolute atomic E-state index is 0.496. The summed E-state index contributed by atoms with van der Waals surface area (Å²) < 4.78 is 0. The van der Waals surface area contributed by atoms with E-state index in [1.807, 2.05) is 12.1 Å². The van der Waals surface area contributed by atoms with Crippen LogP contribution in [0.25, 0.3) is 0 Å². The van der Waals surface area contributed by atoms with Crippen LogP contribution in [0.4, 0.5) is 0 Å². The fourth-order valence-corrected chi connectivity index (χ4v) is 2.01. The summed E-state index contributed by atoms with van der Waals surface area (Å²) >= 11 is 0. The van der Waals surface area contributed by atoms with Gasteiger partial charge in [0.15, 0.2) is 0 Å². The van der Waals surface area contributed by atoms with Crippen molar-refractivity contribution in [2.45, 2.75) is 38.6 Å².